The summed E-state index contributed by atoms with van der Waals surface area (Å²) >= 11 is 18.7. The Morgan fingerprint density at radius 3 is 2.52 bits per heavy atom. The molecule has 1 aromatic carbocycles. The molecule has 0 N–H and O–H groups in total. The molecular weight excluding hydrogens is 327 g/mol. The number of benzene rings is 1. The van der Waals surface area contributed by atoms with Crippen molar-refractivity contribution in [3.05, 3.63) is 28.0 Å². The Morgan fingerprint density at radius 2 is 1.95 bits per heavy atom. The van der Waals surface area contributed by atoms with E-state index in [0.29, 0.717) is 16.1 Å². The van der Waals surface area contributed by atoms with Crippen molar-refractivity contribution in [3.8, 4) is 0 Å². The van der Waals surface area contributed by atoms with E-state index in [0.717, 1.165) is 23.3 Å². The van der Waals surface area contributed by atoms with Crippen molar-refractivity contribution in [2.45, 2.75) is 51.5 Å². The van der Waals surface area contributed by atoms with Crippen LogP contribution < -0.4 is 0 Å². The quantitative estimate of drug-likeness (QED) is 0.576. The molecule has 5 heteroatoms. The van der Waals surface area contributed by atoms with E-state index in [4.69, 9.17) is 39.8 Å². The van der Waals surface area contributed by atoms with Gasteiger partial charge in [-0.3, -0.25) is 0 Å². The maximum absolute atomic E-state index is 6.38. The van der Waals surface area contributed by atoms with Crippen molar-refractivity contribution in [1.29, 1.82) is 0 Å². The number of nitrogens with zero attached hydrogens (tertiary/aromatic N) is 2. The normalized spacial score (nSPS) is 22.9. The number of hydrogen-bond acceptors (Lipinski definition) is 1. The molecule has 1 aliphatic rings. The minimum atomic E-state index is -0.147. The Kier molecular flexibility index (Phi) is 3.92. The molecular formula is C16H19Cl3N2. The average Bonchev–Trinajstić information content (AvgIpc) is 2.90. The highest BCUT2D eigenvalue weighted by atomic mass is 35.5. The Balaban J connectivity index is 2.28. The molecule has 0 amide bonds. The van der Waals surface area contributed by atoms with E-state index in [1.807, 2.05) is 19.1 Å². The first-order chi connectivity index (χ1) is 9.81. The summed E-state index contributed by atoms with van der Waals surface area (Å²) in [6.07, 6.45) is 3.60. The van der Waals surface area contributed by atoms with Crippen LogP contribution in [0.15, 0.2) is 12.1 Å². The van der Waals surface area contributed by atoms with Crippen molar-refractivity contribution in [2.75, 3.05) is 0 Å². The molecule has 0 radical (unpaired) electrons. The number of alkyl halides is 1. The summed E-state index contributed by atoms with van der Waals surface area (Å²) in [5, 5.41) is 0.953. The Morgan fingerprint density at radius 1 is 1.29 bits per heavy atom. The number of hydrogen-bond donors (Lipinski definition) is 0. The first-order valence-electron chi connectivity index (χ1n) is 7.32. The molecule has 3 rings (SSSR count). The maximum atomic E-state index is 6.38. The van der Waals surface area contributed by atoms with Gasteiger partial charge in [-0.05, 0) is 37.3 Å². The van der Waals surface area contributed by atoms with Gasteiger partial charge in [-0.25, -0.2) is 4.98 Å². The van der Waals surface area contributed by atoms with Gasteiger partial charge in [0.25, 0.3) is 0 Å². The second kappa shape index (κ2) is 5.33. The molecule has 1 aliphatic carbocycles. The second-order valence-electron chi connectivity index (χ2n) is 6.61. The van der Waals surface area contributed by atoms with E-state index >= 15 is 0 Å². The molecule has 0 spiro atoms. The topological polar surface area (TPSA) is 17.8 Å². The third-order valence-electron chi connectivity index (χ3n) is 4.63. The van der Waals surface area contributed by atoms with E-state index in [1.54, 1.807) is 0 Å². The third kappa shape index (κ3) is 2.56. The summed E-state index contributed by atoms with van der Waals surface area (Å²) in [4.78, 5) is 4.71. The predicted octanol–water partition coefficient (Wildman–Crippen LogP) is 6.39. The molecule has 1 heterocycles. The van der Waals surface area contributed by atoms with Gasteiger partial charge >= 0.3 is 0 Å². The zero-order chi connectivity index (χ0) is 15.4. The molecule has 2 nitrogen and oxygen atoms in total. The molecule has 0 bridgehead atoms. The minimum Gasteiger partial charge on any atom is -0.323 e. The molecule has 114 valence electrons. The Labute approximate surface area is 140 Å². The Bertz CT molecular complexity index is 688. The van der Waals surface area contributed by atoms with Gasteiger partial charge in [0.1, 0.15) is 5.82 Å². The van der Waals surface area contributed by atoms with Crippen LogP contribution in [0.5, 0.6) is 0 Å². The van der Waals surface area contributed by atoms with Gasteiger partial charge in [0, 0.05) is 6.04 Å². The third-order valence-corrected chi connectivity index (χ3v) is 5.54. The number of rotatable bonds is 2. The van der Waals surface area contributed by atoms with Crippen LogP contribution in [0.3, 0.4) is 0 Å². The standard InChI is InChI=1S/C16H19Cl3N2/c1-9(17)15-20-12-7-10(18)11(19)8-13(12)21(15)14-5-4-6-16(14,2)3/h7-9,14H,4-6H2,1-3H3. The van der Waals surface area contributed by atoms with Crippen LogP contribution >= 0.6 is 34.8 Å². The smallest absolute Gasteiger partial charge is 0.127 e. The highest BCUT2D eigenvalue weighted by molar-refractivity contribution is 6.42. The first kappa shape index (κ1) is 15.5. The van der Waals surface area contributed by atoms with Crippen molar-refractivity contribution in [2.24, 2.45) is 5.41 Å². The highest BCUT2D eigenvalue weighted by Gasteiger charge is 2.38. The monoisotopic (exact) mass is 344 g/mol. The van der Waals surface area contributed by atoms with Crippen LogP contribution in [-0.4, -0.2) is 9.55 Å². The van der Waals surface area contributed by atoms with E-state index in [2.05, 4.69) is 18.4 Å². The van der Waals surface area contributed by atoms with E-state index < -0.39 is 0 Å². The predicted molar refractivity (Wildman–Crippen MR) is 90.7 cm³/mol. The molecule has 1 aromatic heterocycles. The van der Waals surface area contributed by atoms with Crippen LogP contribution in [-0.2, 0) is 0 Å². The maximum Gasteiger partial charge on any atom is 0.127 e. The van der Waals surface area contributed by atoms with Crippen LogP contribution in [0, 0.1) is 5.41 Å². The summed E-state index contributed by atoms with van der Waals surface area (Å²) in [6, 6.07) is 4.15. The van der Waals surface area contributed by atoms with E-state index in [-0.39, 0.29) is 10.8 Å². The van der Waals surface area contributed by atoms with Gasteiger partial charge in [-0.15, -0.1) is 11.6 Å². The number of fused-ring (bicyclic) bond motifs is 1. The van der Waals surface area contributed by atoms with Crippen LogP contribution in [0.4, 0.5) is 0 Å². The van der Waals surface area contributed by atoms with Crippen molar-refractivity contribution >= 4 is 45.8 Å². The number of aromatic nitrogens is 2. The summed E-state index contributed by atoms with van der Waals surface area (Å²) in [5.74, 6) is 0.907. The van der Waals surface area contributed by atoms with Crippen molar-refractivity contribution in [3.63, 3.8) is 0 Å². The molecule has 21 heavy (non-hydrogen) atoms. The fraction of sp³-hybridized carbons (Fsp3) is 0.562. The van der Waals surface area contributed by atoms with Crippen LogP contribution in [0.25, 0.3) is 11.0 Å². The lowest BCUT2D eigenvalue weighted by molar-refractivity contribution is 0.261. The average molecular weight is 346 g/mol. The first-order valence-corrected chi connectivity index (χ1v) is 8.51. The highest BCUT2D eigenvalue weighted by Crippen LogP contribution is 2.48. The van der Waals surface area contributed by atoms with E-state index in [9.17, 15) is 0 Å². The molecule has 0 saturated heterocycles. The minimum absolute atomic E-state index is 0.147. The molecule has 2 atom stereocenters. The summed E-state index contributed by atoms with van der Waals surface area (Å²) in [6.45, 7) is 6.60. The SMILES string of the molecule is CC(Cl)c1nc2cc(Cl)c(Cl)cc2n1C1CCCC1(C)C. The molecule has 1 saturated carbocycles. The Hall–Kier alpha value is -0.440. The second-order valence-corrected chi connectivity index (χ2v) is 8.08. The van der Waals surface area contributed by atoms with Crippen molar-refractivity contribution < 1.29 is 0 Å². The summed E-state index contributed by atoms with van der Waals surface area (Å²) in [5.41, 5.74) is 2.14. The molecule has 1 fully saturated rings. The van der Waals surface area contributed by atoms with Crippen LogP contribution in [0.2, 0.25) is 10.0 Å². The molecule has 2 unspecified atom stereocenters. The van der Waals surface area contributed by atoms with Gasteiger partial charge in [0.05, 0.1) is 26.5 Å². The van der Waals surface area contributed by atoms with Gasteiger partial charge in [-0.2, -0.15) is 0 Å². The summed E-state index contributed by atoms with van der Waals surface area (Å²) < 4.78 is 2.29. The van der Waals surface area contributed by atoms with E-state index in [1.165, 1.54) is 12.8 Å². The lowest BCUT2D eigenvalue weighted by Gasteiger charge is -2.30. The van der Waals surface area contributed by atoms with Crippen molar-refractivity contribution in [1.82, 2.24) is 9.55 Å². The zero-order valence-electron chi connectivity index (χ0n) is 12.5. The van der Waals surface area contributed by atoms with Gasteiger partial charge in [0.15, 0.2) is 0 Å². The lowest BCUT2D eigenvalue weighted by Crippen LogP contribution is -2.23. The number of imidazole rings is 1. The number of halogens is 3. The fourth-order valence-corrected chi connectivity index (χ4v) is 3.97. The summed E-state index contributed by atoms with van der Waals surface area (Å²) in [7, 11) is 0. The molecule has 2 aromatic rings. The van der Waals surface area contributed by atoms with Gasteiger partial charge in [0.2, 0.25) is 0 Å². The fourth-order valence-electron chi connectivity index (χ4n) is 3.50. The van der Waals surface area contributed by atoms with Gasteiger partial charge < -0.3 is 4.57 Å². The zero-order valence-corrected chi connectivity index (χ0v) is 14.7. The largest absolute Gasteiger partial charge is 0.323 e. The van der Waals surface area contributed by atoms with Crippen LogP contribution in [0.1, 0.15) is 57.3 Å². The molecule has 0 aliphatic heterocycles. The van der Waals surface area contributed by atoms with Gasteiger partial charge in [-0.1, -0.05) is 43.5 Å². The lowest BCUT2D eigenvalue weighted by atomic mass is 9.87.